The van der Waals surface area contributed by atoms with Gasteiger partial charge in [0.1, 0.15) is 5.82 Å². The summed E-state index contributed by atoms with van der Waals surface area (Å²) in [6.07, 6.45) is -4.11. The van der Waals surface area contributed by atoms with Crippen molar-refractivity contribution in [2.45, 2.75) is 11.9 Å². The minimum absolute atomic E-state index is 0.119. The number of rotatable bonds is 1. The second-order valence-electron chi connectivity index (χ2n) is 5.72. The van der Waals surface area contributed by atoms with Crippen LogP contribution in [0.5, 0.6) is 0 Å². The number of aromatic nitrogens is 1. The second-order valence-corrected chi connectivity index (χ2v) is 5.72. The molecule has 0 saturated heterocycles. The van der Waals surface area contributed by atoms with Crippen molar-refractivity contribution in [3.8, 4) is 0 Å². The topological polar surface area (TPSA) is 25.2 Å². The van der Waals surface area contributed by atoms with Crippen LogP contribution in [-0.2, 0) is 5.72 Å². The number of aliphatic hydroxyl groups is 1. The molecular formula is C18H11F4NO. The van der Waals surface area contributed by atoms with Crippen molar-refractivity contribution in [2.75, 3.05) is 0 Å². The van der Waals surface area contributed by atoms with Gasteiger partial charge < -0.3 is 9.67 Å². The largest absolute Gasteiger partial charge is 0.441 e. The third kappa shape index (κ3) is 1.93. The van der Waals surface area contributed by atoms with Crippen LogP contribution >= 0.6 is 0 Å². The van der Waals surface area contributed by atoms with Gasteiger partial charge in [-0.15, -0.1) is 0 Å². The highest BCUT2D eigenvalue weighted by Gasteiger charge is 2.58. The predicted molar refractivity (Wildman–Crippen MR) is 81.7 cm³/mol. The Hall–Kier alpha value is -2.60. The number of hydrogen-bond acceptors (Lipinski definition) is 1. The van der Waals surface area contributed by atoms with Crippen LogP contribution in [0.3, 0.4) is 0 Å². The van der Waals surface area contributed by atoms with Crippen LogP contribution in [0.2, 0.25) is 0 Å². The Bertz CT molecular complexity index is 972. The molecule has 2 nitrogen and oxygen atoms in total. The van der Waals surface area contributed by atoms with E-state index in [4.69, 9.17) is 0 Å². The van der Waals surface area contributed by atoms with Crippen molar-refractivity contribution < 1.29 is 22.7 Å². The highest BCUT2D eigenvalue weighted by atomic mass is 19.4. The molecule has 1 N–H and O–H groups in total. The fourth-order valence-corrected chi connectivity index (χ4v) is 3.15. The van der Waals surface area contributed by atoms with Gasteiger partial charge in [-0.1, -0.05) is 30.3 Å². The highest BCUT2D eigenvalue weighted by Crippen LogP contribution is 2.48. The summed E-state index contributed by atoms with van der Waals surface area (Å²) in [5.74, 6) is -0.549. The van der Waals surface area contributed by atoms with Crippen molar-refractivity contribution >= 4 is 16.5 Å². The molecule has 0 amide bonds. The number of benzene rings is 2. The first-order chi connectivity index (χ1) is 11.3. The zero-order valence-corrected chi connectivity index (χ0v) is 12.2. The molecule has 1 unspecified atom stereocenters. The lowest BCUT2D eigenvalue weighted by molar-refractivity contribution is -0.272. The van der Waals surface area contributed by atoms with E-state index in [1.807, 2.05) is 0 Å². The molecule has 4 rings (SSSR count). The molecule has 122 valence electrons. The molecule has 0 spiro atoms. The Morgan fingerprint density at radius 3 is 2.33 bits per heavy atom. The van der Waals surface area contributed by atoms with Crippen molar-refractivity contribution in [3.05, 3.63) is 77.7 Å². The van der Waals surface area contributed by atoms with Gasteiger partial charge in [0.15, 0.2) is 0 Å². The van der Waals surface area contributed by atoms with Gasteiger partial charge in [-0.3, -0.25) is 0 Å². The molecule has 1 aromatic heterocycles. The van der Waals surface area contributed by atoms with Gasteiger partial charge in [0.25, 0.3) is 5.72 Å². The molecule has 2 aromatic carbocycles. The Morgan fingerprint density at radius 2 is 1.67 bits per heavy atom. The number of fused-ring (bicyclic) bond motifs is 3. The molecule has 6 heteroatoms. The first-order valence-corrected chi connectivity index (χ1v) is 7.20. The average Bonchev–Trinajstić information content (AvgIpc) is 3.03. The maximum absolute atomic E-state index is 13.6. The highest BCUT2D eigenvalue weighted by molar-refractivity contribution is 5.92. The Labute approximate surface area is 134 Å². The van der Waals surface area contributed by atoms with E-state index in [0.29, 0.717) is 10.9 Å². The smallest absolute Gasteiger partial charge is 0.360 e. The van der Waals surface area contributed by atoms with Gasteiger partial charge in [0.05, 0.1) is 11.2 Å². The number of halogens is 4. The summed E-state index contributed by atoms with van der Waals surface area (Å²) in [4.78, 5) is 0. The van der Waals surface area contributed by atoms with Crippen LogP contribution < -0.4 is 0 Å². The summed E-state index contributed by atoms with van der Waals surface area (Å²) in [6, 6.07) is 13.4. The monoisotopic (exact) mass is 333 g/mol. The molecule has 1 aliphatic rings. The standard InChI is InChI=1S/C18H11F4NO/c19-13-6-7-15-12(8-13)9-16-14(11-4-2-1-3-5-11)10-17(24,23(15)16)18(20,21)22/h1-10,24H. The fraction of sp³-hybridized carbons (Fsp3) is 0.111. The molecule has 24 heavy (non-hydrogen) atoms. The van der Waals surface area contributed by atoms with Gasteiger partial charge in [0.2, 0.25) is 0 Å². The minimum Gasteiger partial charge on any atom is -0.360 e. The molecule has 0 fully saturated rings. The first-order valence-electron chi connectivity index (χ1n) is 7.20. The molecule has 1 aliphatic heterocycles. The van der Waals surface area contributed by atoms with Crippen LogP contribution in [0.4, 0.5) is 17.6 Å². The lowest BCUT2D eigenvalue weighted by atomic mass is 10.0. The summed E-state index contributed by atoms with van der Waals surface area (Å²) in [6.45, 7) is 0. The second kappa shape index (κ2) is 4.70. The maximum atomic E-state index is 13.6. The lowest BCUT2D eigenvalue weighted by Crippen LogP contribution is -2.44. The molecule has 0 radical (unpaired) electrons. The SMILES string of the molecule is OC1(C(F)(F)F)C=C(c2ccccc2)c2cc3cc(F)ccc3n21. The van der Waals surface area contributed by atoms with E-state index in [0.717, 1.165) is 22.8 Å². The van der Waals surface area contributed by atoms with Gasteiger partial charge >= 0.3 is 6.18 Å². The van der Waals surface area contributed by atoms with E-state index >= 15 is 0 Å². The van der Waals surface area contributed by atoms with Crippen LogP contribution in [-0.4, -0.2) is 15.8 Å². The average molecular weight is 333 g/mol. The molecule has 2 heterocycles. The third-order valence-electron chi connectivity index (χ3n) is 4.23. The summed E-state index contributed by atoms with van der Waals surface area (Å²) in [7, 11) is 0. The van der Waals surface area contributed by atoms with E-state index in [2.05, 4.69) is 0 Å². The molecule has 0 saturated carbocycles. The van der Waals surface area contributed by atoms with E-state index in [-0.39, 0.29) is 16.8 Å². The Kier molecular flexibility index (Phi) is 2.93. The zero-order chi connectivity index (χ0) is 17.1. The summed E-state index contributed by atoms with van der Waals surface area (Å²) in [5.41, 5.74) is -2.06. The van der Waals surface area contributed by atoms with Crippen molar-refractivity contribution in [1.82, 2.24) is 4.57 Å². The molecule has 3 aromatic rings. The number of alkyl halides is 3. The zero-order valence-electron chi connectivity index (χ0n) is 12.2. The van der Waals surface area contributed by atoms with E-state index < -0.39 is 17.7 Å². The van der Waals surface area contributed by atoms with Crippen molar-refractivity contribution in [3.63, 3.8) is 0 Å². The van der Waals surface area contributed by atoms with Crippen molar-refractivity contribution in [2.24, 2.45) is 0 Å². The fourth-order valence-electron chi connectivity index (χ4n) is 3.15. The van der Waals surface area contributed by atoms with Gasteiger partial charge in [-0.2, -0.15) is 13.2 Å². The molecular weight excluding hydrogens is 322 g/mol. The van der Waals surface area contributed by atoms with Gasteiger partial charge in [-0.25, -0.2) is 4.39 Å². The van der Waals surface area contributed by atoms with Gasteiger partial charge in [0, 0.05) is 11.0 Å². The predicted octanol–water partition coefficient (Wildman–Crippen LogP) is 4.43. The quantitative estimate of drug-likeness (QED) is 0.655. The summed E-state index contributed by atoms with van der Waals surface area (Å²) in [5, 5.41) is 10.7. The molecule has 0 aliphatic carbocycles. The first kappa shape index (κ1) is 15.0. The number of nitrogens with zero attached hydrogens (tertiary/aromatic N) is 1. The van der Waals surface area contributed by atoms with Crippen LogP contribution in [0.1, 0.15) is 11.3 Å². The van der Waals surface area contributed by atoms with Crippen molar-refractivity contribution in [1.29, 1.82) is 0 Å². The molecule has 0 bridgehead atoms. The van der Waals surface area contributed by atoms with Crippen LogP contribution in [0, 0.1) is 5.82 Å². The summed E-state index contributed by atoms with van der Waals surface area (Å²) >= 11 is 0. The summed E-state index contributed by atoms with van der Waals surface area (Å²) < 4.78 is 55.1. The Morgan fingerprint density at radius 1 is 0.958 bits per heavy atom. The lowest BCUT2D eigenvalue weighted by Gasteiger charge is -2.27. The normalized spacial score (nSPS) is 20.3. The van der Waals surface area contributed by atoms with E-state index in [9.17, 15) is 22.7 Å². The number of hydrogen-bond donors (Lipinski definition) is 1. The minimum atomic E-state index is -4.92. The van der Waals surface area contributed by atoms with E-state index in [1.165, 1.54) is 12.1 Å². The Balaban J connectivity index is 2.07. The molecule has 1 atom stereocenters. The van der Waals surface area contributed by atoms with Gasteiger partial charge in [-0.05, 0) is 35.9 Å². The maximum Gasteiger partial charge on any atom is 0.441 e. The van der Waals surface area contributed by atoms with E-state index in [1.54, 1.807) is 30.3 Å². The van der Waals surface area contributed by atoms with Crippen LogP contribution in [0.15, 0.2) is 60.7 Å². The third-order valence-corrected chi connectivity index (χ3v) is 4.23. The van der Waals surface area contributed by atoms with Crippen LogP contribution in [0.25, 0.3) is 16.5 Å².